The molecule has 1 aliphatic rings. The predicted molar refractivity (Wildman–Crippen MR) is 101 cm³/mol. The number of hydrogen-bond acceptors (Lipinski definition) is 5. The molecule has 1 fully saturated rings. The van der Waals surface area contributed by atoms with Gasteiger partial charge in [-0.05, 0) is 17.9 Å². The van der Waals surface area contributed by atoms with Crippen molar-refractivity contribution in [2.24, 2.45) is 0 Å². The molecule has 27 heavy (non-hydrogen) atoms. The molecule has 2 aromatic rings. The first-order chi connectivity index (χ1) is 13.0. The minimum Gasteiger partial charge on any atom is -0.353 e. The van der Waals surface area contributed by atoms with Gasteiger partial charge in [0.1, 0.15) is 6.04 Å². The molecule has 1 aliphatic heterocycles. The lowest BCUT2D eigenvalue weighted by Gasteiger charge is -2.34. The third-order valence-corrected chi connectivity index (χ3v) is 4.89. The van der Waals surface area contributed by atoms with Gasteiger partial charge < -0.3 is 14.7 Å². The molecular formula is C20H26N4O3. The highest BCUT2D eigenvalue weighted by atomic mass is 16.5. The fourth-order valence-electron chi connectivity index (χ4n) is 3.27. The number of aryl methyl sites for hydroxylation is 1. The molecule has 144 valence electrons. The van der Waals surface area contributed by atoms with E-state index < -0.39 is 0 Å². The maximum atomic E-state index is 12.5. The molecule has 7 heteroatoms. The van der Waals surface area contributed by atoms with E-state index in [4.69, 9.17) is 4.52 Å². The molecule has 1 N–H and O–H groups in total. The first-order valence-corrected chi connectivity index (χ1v) is 9.49. The van der Waals surface area contributed by atoms with Gasteiger partial charge in [0.15, 0.2) is 0 Å². The Labute approximate surface area is 159 Å². The summed E-state index contributed by atoms with van der Waals surface area (Å²) in [7, 11) is 0. The normalized spacial score (nSPS) is 17.3. The van der Waals surface area contributed by atoms with Gasteiger partial charge in [0.05, 0.1) is 0 Å². The maximum Gasteiger partial charge on any atom is 0.242 e. The Morgan fingerprint density at radius 2 is 2.07 bits per heavy atom. The summed E-state index contributed by atoms with van der Waals surface area (Å²) >= 11 is 0. The molecule has 0 spiro atoms. The quantitative estimate of drug-likeness (QED) is 0.844. The Kier molecular flexibility index (Phi) is 5.88. The zero-order valence-electron chi connectivity index (χ0n) is 16.1. The van der Waals surface area contributed by atoms with E-state index in [1.807, 2.05) is 19.1 Å². The number of nitrogens with one attached hydrogen (secondary N) is 1. The van der Waals surface area contributed by atoms with Crippen LogP contribution in [0.4, 0.5) is 0 Å². The molecule has 1 aromatic carbocycles. The topological polar surface area (TPSA) is 88.3 Å². The molecule has 1 aromatic heterocycles. The Bertz CT molecular complexity index is 798. The molecule has 0 bridgehead atoms. The lowest BCUT2D eigenvalue weighted by Crippen LogP contribution is -2.56. The van der Waals surface area contributed by atoms with Gasteiger partial charge in [-0.25, -0.2) is 0 Å². The molecule has 1 unspecified atom stereocenters. The van der Waals surface area contributed by atoms with Crippen molar-refractivity contribution in [2.75, 3.05) is 13.1 Å². The van der Waals surface area contributed by atoms with Crippen molar-refractivity contribution < 1.29 is 14.1 Å². The molecule has 1 saturated heterocycles. The van der Waals surface area contributed by atoms with Crippen molar-refractivity contribution in [2.45, 2.75) is 52.0 Å². The second-order valence-corrected chi connectivity index (χ2v) is 7.09. The minimum atomic E-state index is -0.385. The average molecular weight is 370 g/mol. The van der Waals surface area contributed by atoms with Gasteiger partial charge in [-0.15, -0.1) is 0 Å². The van der Waals surface area contributed by atoms with E-state index in [-0.39, 0.29) is 24.3 Å². The highest BCUT2D eigenvalue weighted by Crippen LogP contribution is 2.21. The standard InChI is InChI=1S/C20H26N4O3/c1-4-16-20(26)21-11-12-24(16)18(25)10-9-17-22-19(23-27-17)15-7-5-14(6-8-15)13(2)3/h5-8,13,16H,4,9-12H2,1-3H3,(H,21,26). The fourth-order valence-corrected chi connectivity index (χ4v) is 3.27. The van der Waals surface area contributed by atoms with Crippen molar-refractivity contribution >= 4 is 11.8 Å². The van der Waals surface area contributed by atoms with Gasteiger partial charge in [-0.3, -0.25) is 9.59 Å². The molecule has 0 radical (unpaired) electrons. The highest BCUT2D eigenvalue weighted by Gasteiger charge is 2.31. The van der Waals surface area contributed by atoms with Gasteiger partial charge >= 0.3 is 0 Å². The van der Waals surface area contributed by atoms with E-state index in [0.29, 0.717) is 43.6 Å². The number of benzene rings is 1. The van der Waals surface area contributed by atoms with Crippen molar-refractivity contribution in [3.63, 3.8) is 0 Å². The monoisotopic (exact) mass is 370 g/mol. The zero-order chi connectivity index (χ0) is 19.4. The van der Waals surface area contributed by atoms with Gasteiger partial charge in [-0.2, -0.15) is 4.98 Å². The number of carbonyl (C=O) groups excluding carboxylic acids is 2. The van der Waals surface area contributed by atoms with E-state index in [0.717, 1.165) is 5.56 Å². The lowest BCUT2D eigenvalue weighted by atomic mass is 10.0. The van der Waals surface area contributed by atoms with Crippen LogP contribution in [0.1, 0.15) is 51.0 Å². The Hall–Kier alpha value is -2.70. The Morgan fingerprint density at radius 1 is 1.33 bits per heavy atom. The van der Waals surface area contributed by atoms with Gasteiger partial charge in [0.25, 0.3) is 0 Å². The first-order valence-electron chi connectivity index (χ1n) is 9.49. The highest BCUT2D eigenvalue weighted by molar-refractivity contribution is 5.88. The number of hydrogen-bond donors (Lipinski definition) is 1. The first kappa shape index (κ1) is 19.1. The second kappa shape index (κ2) is 8.33. The summed E-state index contributed by atoms with van der Waals surface area (Å²) in [5.41, 5.74) is 2.14. The van der Waals surface area contributed by atoms with Crippen LogP contribution in [0.3, 0.4) is 0 Å². The molecule has 0 aliphatic carbocycles. The molecule has 2 amide bonds. The molecule has 3 rings (SSSR count). The molecule has 2 heterocycles. The third kappa shape index (κ3) is 4.35. The van der Waals surface area contributed by atoms with Crippen molar-refractivity contribution in [1.29, 1.82) is 0 Å². The molecular weight excluding hydrogens is 344 g/mol. The third-order valence-electron chi connectivity index (χ3n) is 4.89. The van der Waals surface area contributed by atoms with Crippen LogP contribution in [0.2, 0.25) is 0 Å². The van der Waals surface area contributed by atoms with E-state index in [1.165, 1.54) is 5.56 Å². The summed E-state index contributed by atoms with van der Waals surface area (Å²) in [5, 5.41) is 6.82. The predicted octanol–water partition coefficient (Wildman–Crippen LogP) is 2.53. The SMILES string of the molecule is CCC1C(=O)NCCN1C(=O)CCc1nc(-c2ccc(C(C)C)cc2)no1. The molecule has 1 atom stereocenters. The van der Waals surface area contributed by atoms with Crippen LogP contribution >= 0.6 is 0 Å². The van der Waals surface area contributed by atoms with E-state index in [1.54, 1.807) is 4.90 Å². The van der Waals surface area contributed by atoms with E-state index >= 15 is 0 Å². The van der Waals surface area contributed by atoms with Crippen molar-refractivity contribution in [1.82, 2.24) is 20.4 Å². The molecule has 7 nitrogen and oxygen atoms in total. The number of rotatable bonds is 6. The number of aromatic nitrogens is 2. The second-order valence-electron chi connectivity index (χ2n) is 7.09. The largest absolute Gasteiger partial charge is 0.353 e. The van der Waals surface area contributed by atoms with Crippen LogP contribution in [-0.4, -0.2) is 46.0 Å². The van der Waals surface area contributed by atoms with Crippen molar-refractivity contribution in [3.8, 4) is 11.4 Å². The summed E-state index contributed by atoms with van der Waals surface area (Å²) in [4.78, 5) is 30.5. The van der Waals surface area contributed by atoms with E-state index in [2.05, 4.69) is 41.4 Å². The number of nitrogens with zero attached hydrogens (tertiary/aromatic N) is 3. The van der Waals surface area contributed by atoms with Crippen LogP contribution in [0.15, 0.2) is 28.8 Å². The van der Waals surface area contributed by atoms with Gasteiger partial charge in [-0.1, -0.05) is 50.2 Å². The number of amides is 2. The number of carbonyl (C=O) groups is 2. The lowest BCUT2D eigenvalue weighted by molar-refractivity contribution is -0.143. The summed E-state index contributed by atoms with van der Waals surface area (Å²) in [6, 6.07) is 7.70. The summed E-state index contributed by atoms with van der Waals surface area (Å²) in [5.74, 6) is 1.28. The van der Waals surface area contributed by atoms with E-state index in [9.17, 15) is 9.59 Å². The fraction of sp³-hybridized carbons (Fsp3) is 0.500. The Balaban J connectivity index is 1.60. The van der Waals surface area contributed by atoms with Crippen molar-refractivity contribution in [3.05, 3.63) is 35.7 Å². The molecule has 0 saturated carbocycles. The van der Waals surface area contributed by atoms with Crippen LogP contribution in [0.5, 0.6) is 0 Å². The maximum absolute atomic E-state index is 12.5. The smallest absolute Gasteiger partial charge is 0.242 e. The van der Waals surface area contributed by atoms with Gasteiger partial charge in [0.2, 0.25) is 23.5 Å². The van der Waals surface area contributed by atoms with Crippen LogP contribution in [-0.2, 0) is 16.0 Å². The zero-order valence-corrected chi connectivity index (χ0v) is 16.1. The average Bonchev–Trinajstić information content (AvgIpc) is 3.15. The van der Waals surface area contributed by atoms with Crippen LogP contribution in [0, 0.1) is 0 Å². The van der Waals surface area contributed by atoms with Crippen LogP contribution in [0.25, 0.3) is 11.4 Å². The summed E-state index contributed by atoms with van der Waals surface area (Å²) < 4.78 is 5.30. The summed E-state index contributed by atoms with van der Waals surface area (Å²) in [6.45, 7) is 7.24. The van der Waals surface area contributed by atoms with Gasteiger partial charge in [0, 0.05) is 31.5 Å². The minimum absolute atomic E-state index is 0.0577. The van der Waals surface area contributed by atoms with Crippen LogP contribution < -0.4 is 5.32 Å². The Morgan fingerprint density at radius 3 is 2.74 bits per heavy atom. The summed E-state index contributed by atoms with van der Waals surface area (Å²) in [6.07, 6.45) is 1.22. The number of piperazine rings is 1.